The van der Waals surface area contributed by atoms with Crippen LogP contribution in [0.1, 0.15) is 62.6 Å². The number of hydrogen-bond acceptors (Lipinski definition) is 7. The molecule has 1 heterocycles. The van der Waals surface area contributed by atoms with Gasteiger partial charge in [-0.25, -0.2) is 9.59 Å². The van der Waals surface area contributed by atoms with E-state index in [9.17, 15) is 19.7 Å². The van der Waals surface area contributed by atoms with E-state index < -0.39 is 29.2 Å². The summed E-state index contributed by atoms with van der Waals surface area (Å²) in [6.07, 6.45) is 0.684. The van der Waals surface area contributed by atoms with Gasteiger partial charge in [0.25, 0.3) is 5.69 Å². The van der Waals surface area contributed by atoms with Crippen LogP contribution in [0.3, 0.4) is 0 Å². The van der Waals surface area contributed by atoms with E-state index in [0.29, 0.717) is 23.6 Å². The van der Waals surface area contributed by atoms with Gasteiger partial charge in [0, 0.05) is 23.9 Å². The van der Waals surface area contributed by atoms with Crippen molar-refractivity contribution in [3.8, 4) is 11.1 Å². The lowest BCUT2D eigenvalue weighted by molar-refractivity contribution is -0.385. The topological polar surface area (TPSA) is 146 Å². The lowest BCUT2D eigenvalue weighted by atomic mass is 9.90. The molecule has 3 N–H and O–H groups in total. The zero-order valence-corrected chi connectivity index (χ0v) is 20.7. The summed E-state index contributed by atoms with van der Waals surface area (Å²) in [5, 5.41) is 20.6. The van der Waals surface area contributed by atoms with Crippen LogP contribution in [0, 0.1) is 29.9 Å². The SMILES string of the molecule is Cc1ccc(-c2c(CN)c(CC(C)C)nc(C)c2C(=O)OCc2ccc(C(=O)O)cc2[N+](=O)[O-])cc1. The van der Waals surface area contributed by atoms with Crippen molar-refractivity contribution in [3.63, 3.8) is 0 Å². The van der Waals surface area contributed by atoms with Gasteiger partial charge in [0.2, 0.25) is 0 Å². The number of carbonyl (C=O) groups is 2. The number of nitrogens with two attached hydrogens (primary N) is 1. The Labute approximate surface area is 209 Å². The first-order chi connectivity index (χ1) is 17.0. The lowest BCUT2D eigenvalue weighted by Crippen LogP contribution is -2.17. The number of pyridine rings is 1. The van der Waals surface area contributed by atoms with Crippen LogP contribution in [0.25, 0.3) is 11.1 Å². The summed E-state index contributed by atoms with van der Waals surface area (Å²) in [5.74, 6) is -1.67. The van der Waals surface area contributed by atoms with Gasteiger partial charge in [0.05, 0.1) is 27.3 Å². The third kappa shape index (κ3) is 5.75. The van der Waals surface area contributed by atoms with Crippen molar-refractivity contribution in [2.75, 3.05) is 0 Å². The standard InChI is InChI=1S/C27H29N3O6/c1-15(2)11-22-21(13-28)25(18-7-5-16(3)6-8-18)24(17(4)29-22)27(33)36-14-20-10-9-19(26(31)32)12-23(20)30(34)35/h5-10,12,15H,11,13-14,28H2,1-4H3,(H,31,32). The summed E-state index contributed by atoms with van der Waals surface area (Å²) in [6.45, 7) is 7.60. The molecule has 0 aliphatic rings. The van der Waals surface area contributed by atoms with Crippen LogP contribution < -0.4 is 5.73 Å². The molecule has 0 aliphatic heterocycles. The average Bonchev–Trinajstić information content (AvgIpc) is 2.82. The van der Waals surface area contributed by atoms with Crippen LogP contribution in [-0.2, 0) is 24.3 Å². The van der Waals surface area contributed by atoms with Crippen LogP contribution >= 0.6 is 0 Å². The normalized spacial score (nSPS) is 10.9. The number of carboxylic acid groups (broad SMARTS) is 1. The molecule has 0 unspecified atom stereocenters. The number of carboxylic acids is 1. The molecule has 0 fully saturated rings. The van der Waals surface area contributed by atoms with Gasteiger partial charge in [-0.05, 0) is 49.4 Å². The predicted molar refractivity (Wildman–Crippen MR) is 135 cm³/mol. The Morgan fingerprint density at radius 3 is 2.36 bits per heavy atom. The van der Waals surface area contributed by atoms with Crippen LogP contribution in [-0.4, -0.2) is 27.0 Å². The molecule has 0 radical (unpaired) electrons. The highest BCUT2D eigenvalue weighted by atomic mass is 16.6. The smallest absolute Gasteiger partial charge is 0.340 e. The van der Waals surface area contributed by atoms with Gasteiger partial charge in [0.15, 0.2) is 0 Å². The van der Waals surface area contributed by atoms with E-state index >= 15 is 0 Å². The summed E-state index contributed by atoms with van der Waals surface area (Å²) < 4.78 is 5.52. The van der Waals surface area contributed by atoms with Gasteiger partial charge in [-0.2, -0.15) is 0 Å². The zero-order valence-electron chi connectivity index (χ0n) is 20.7. The van der Waals surface area contributed by atoms with Crippen molar-refractivity contribution in [1.29, 1.82) is 0 Å². The maximum atomic E-state index is 13.4. The second-order valence-electron chi connectivity index (χ2n) is 9.02. The molecule has 3 rings (SSSR count). The van der Waals surface area contributed by atoms with Gasteiger partial charge >= 0.3 is 11.9 Å². The number of aromatic nitrogens is 1. The number of aromatic carboxylic acids is 1. The maximum Gasteiger partial charge on any atom is 0.340 e. The number of nitrogens with zero attached hydrogens (tertiary/aromatic N) is 2. The highest BCUT2D eigenvalue weighted by Gasteiger charge is 2.26. The molecule has 188 valence electrons. The monoisotopic (exact) mass is 491 g/mol. The van der Waals surface area contributed by atoms with Crippen molar-refractivity contribution < 1.29 is 24.4 Å². The Morgan fingerprint density at radius 2 is 1.81 bits per heavy atom. The minimum absolute atomic E-state index is 0.0799. The Morgan fingerprint density at radius 1 is 1.14 bits per heavy atom. The molecule has 0 amide bonds. The number of nitro benzene ring substituents is 1. The fourth-order valence-electron chi connectivity index (χ4n) is 4.07. The molecule has 0 saturated heterocycles. The second-order valence-corrected chi connectivity index (χ2v) is 9.02. The van der Waals surface area contributed by atoms with E-state index in [-0.39, 0.29) is 23.2 Å². The van der Waals surface area contributed by atoms with Crippen molar-refractivity contribution in [2.24, 2.45) is 11.7 Å². The Hall–Kier alpha value is -4.11. The first kappa shape index (κ1) is 26.5. The molecule has 0 spiro atoms. The van der Waals surface area contributed by atoms with E-state index in [2.05, 4.69) is 18.8 Å². The maximum absolute atomic E-state index is 13.4. The minimum Gasteiger partial charge on any atom is -0.478 e. The molecule has 9 heteroatoms. The van der Waals surface area contributed by atoms with Crippen LogP contribution in [0.4, 0.5) is 5.69 Å². The van der Waals surface area contributed by atoms with Crippen molar-refractivity contribution >= 4 is 17.6 Å². The molecule has 0 bridgehead atoms. The van der Waals surface area contributed by atoms with E-state index in [4.69, 9.17) is 15.6 Å². The molecule has 1 aromatic heterocycles. The predicted octanol–water partition coefficient (Wildman–Crippen LogP) is 4.99. The molecular weight excluding hydrogens is 462 g/mol. The van der Waals surface area contributed by atoms with Crippen molar-refractivity contribution in [1.82, 2.24) is 4.98 Å². The summed E-state index contributed by atoms with van der Waals surface area (Å²) in [6, 6.07) is 11.2. The van der Waals surface area contributed by atoms with E-state index in [1.54, 1.807) is 6.92 Å². The van der Waals surface area contributed by atoms with E-state index in [0.717, 1.165) is 28.5 Å². The number of ether oxygens (including phenoxy) is 1. The summed E-state index contributed by atoms with van der Waals surface area (Å²) in [5.41, 5.74) is 10.3. The number of esters is 1. The molecular formula is C27H29N3O6. The average molecular weight is 492 g/mol. The summed E-state index contributed by atoms with van der Waals surface area (Å²) >= 11 is 0. The third-order valence-corrected chi connectivity index (χ3v) is 5.80. The number of carbonyl (C=O) groups excluding carboxylic acids is 1. The minimum atomic E-state index is -1.29. The van der Waals surface area contributed by atoms with Crippen molar-refractivity contribution in [2.45, 2.75) is 47.3 Å². The molecule has 2 aromatic carbocycles. The van der Waals surface area contributed by atoms with Gasteiger partial charge in [0.1, 0.15) is 6.61 Å². The number of nitro groups is 1. The number of hydrogen-bond donors (Lipinski definition) is 2. The second kappa shape index (κ2) is 11.1. The zero-order chi connectivity index (χ0) is 26.6. The highest BCUT2D eigenvalue weighted by Crippen LogP contribution is 2.33. The van der Waals surface area contributed by atoms with E-state index in [1.807, 2.05) is 31.2 Å². The highest BCUT2D eigenvalue weighted by molar-refractivity contribution is 5.99. The molecule has 3 aromatic rings. The Kier molecular flexibility index (Phi) is 8.16. The van der Waals surface area contributed by atoms with Crippen LogP contribution in [0.2, 0.25) is 0 Å². The van der Waals surface area contributed by atoms with Gasteiger partial charge in [-0.1, -0.05) is 43.7 Å². The first-order valence-electron chi connectivity index (χ1n) is 11.5. The summed E-state index contributed by atoms with van der Waals surface area (Å²) in [4.78, 5) is 40.1. The molecule has 0 saturated carbocycles. The first-order valence-corrected chi connectivity index (χ1v) is 11.5. The molecule has 36 heavy (non-hydrogen) atoms. The van der Waals surface area contributed by atoms with E-state index in [1.165, 1.54) is 12.1 Å². The lowest BCUT2D eigenvalue weighted by Gasteiger charge is -2.20. The Balaban J connectivity index is 2.08. The fourth-order valence-corrected chi connectivity index (χ4v) is 4.07. The van der Waals surface area contributed by atoms with Crippen LogP contribution in [0.5, 0.6) is 0 Å². The fraction of sp³-hybridized carbons (Fsp3) is 0.296. The molecule has 0 atom stereocenters. The van der Waals surface area contributed by atoms with Gasteiger partial charge in [-0.15, -0.1) is 0 Å². The summed E-state index contributed by atoms with van der Waals surface area (Å²) in [7, 11) is 0. The number of rotatable bonds is 9. The Bertz CT molecular complexity index is 1320. The van der Waals surface area contributed by atoms with Crippen molar-refractivity contribution in [3.05, 3.63) is 91.8 Å². The number of aryl methyl sites for hydroxylation is 2. The van der Waals surface area contributed by atoms with Crippen LogP contribution in [0.15, 0.2) is 42.5 Å². The van der Waals surface area contributed by atoms with Gasteiger partial charge < -0.3 is 15.6 Å². The number of benzene rings is 2. The largest absolute Gasteiger partial charge is 0.478 e. The molecule has 9 nitrogen and oxygen atoms in total. The quantitative estimate of drug-likeness (QED) is 0.242. The third-order valence-electron chi connectivity index (χ3n) is 5.80. The molecule has 0 aliphatic carbocycles. The van der Waals surface area contributed by atoms with Gasteiger partial charge in [-0.3, -0.25) is 15.1 Å².